The van der Waals surface area contributed by atoms with Gasteiger partial charge in [-0.1, -0.05) is 24.3 Å². The van der Waals surface area contributed by atoms with E-state index in [0.717, 1.165) is 17.6 Å². The van der Waals surface area contributed by atoms with Gasteiger partial charge in [-0.25, -0.2) is 0 Å². The smallest absolute Gasteiger partial charge is 0.0944 e. The van der Waals surface area contributed by atoms with Crippen molar-refractivity contribution in [3.63, 3.8) is 0 Å². The summed E-state index contributed by atoms with van der Waals surface area (Å²) in [5, 5.41) is 8.64. The van der Waals surface area contributed by atoms with Gasteiger partial charge in [-0.3, -0.25) is 5.84 Å². The minimum absolute atomic E-state index is 0.653. The van der Waals surface area contributed by atoms with Crippen molar-refractivity contribution in [2.45, 2.75) is 20.3 Å². The third-order valence-corrected chi connectivity index (χ3v) is 1.60. The van der Waals surface area contributed by atoms with Gasteiger partial charge in [0.1, 0.15) is 0 Å². The van der Waals surface area contributed by atoms with Crippen LogP contribution in [0.5, 0.6) is 0 Å². The molecule has 0 heterocycles. The lowest BCUT2D eigenvalue weighted by Gasteiger charge is -1.98. The quantitative estimate of drug-likeness (QED) is 0.312. The van der Waals surface area contributed by atoms with Gasteiger partial charge in [0.2, 0.25) is 0 Å². The topological polar surface area (TPSA) is 61.8 Å². The van der Waals surface area contributed by atoms with Crippen molar-refractivity contribution in [2.24, 2.45) is 5.84 Å². The van der Waals surface area contributed by atoms with Crippen LogP contribution in [0.2, 0.25) is 0 Å². The first-order valence-electron chi connectivity index (χ1n) is 4.65. The fraction of sp³-hybridized carbons (Fsp3) is 0.250. The number of nitrogens with zero attached hydrogens (tertiary/aromatic N) is 1. The van der Waals surface area contributed by atoms with Gasteiger partial charge in [0.15, 0.2) is 0 Å². The Bertz CT molecular complexity index is 340. The first-order valence-corrected chi connectivity index (χ1v) is 4.65. The molecule has 0 aliphatic heterocycles. The van der Waals surface area contributed by atoms with Crippen LogP contribution in [0.1, 0.15) is 20.3 Å². The van der Waals surface area contributed by atoms with Crippen LogP contribution in [-0.2, 0) is 0 Å². The van der Waals surface area contributed by atoms with Gasteiger partial charge in [0.05, 0.1) is 6.07 Å². The van der Waals surface area contributed by atoms with E-state index in [1.165, 1.54) is 0 Å². The van der Waals surface area contributed by atoms with Crippen LogP contribution < -0.4 is 11.3 Å². The van der Waals surface area contributed by atoms with E-state index in [-0.39, 0.29) is 0 Å². The number of rotatable bonds is 5. The molecule has 0 aromatic heterocycles. The monoisotopic (exact) mass is 203 g/mol. The van der Waals surface area contributed by atoms with Gasteiger partial charge in [0.25, 0.3) is 0 Å². The predicted molar refractivity (Wildman–Crippen MR) is 63.3 cm³/mol. The average molecular weight is 203 g/mol. The highest BCUT2D eigenvalue weighted by Crippen LogP contribution is 2.07. The Morgan fingerprint density at radius 3 is 2.67 bits per heavy atom. The molecule has 0 bridgehead atoms. The van der Waals surface area contributed by atoms with Crippen molar-refractivity contribution >= 4 is 0 Å². The van der Waals surface area contributed by atoms with Crippen LogP contribution in [0.15, 0.2) is 47.7 Å². The Balaban J connectivity index is 4.52. The molecule has 0 fully saturated rings. The van der Waals surface area contributed by atoms with E-state index in [0.29, 0.717) is 5.57 Å². The summed E-state index contributed by atoms with van der Waals surface area (Å²) in [6.45, 7) is 7.45. The standard InChI is InChI=1S/C12H17N3/c1-10(2)5-4-6-12(9-15-14)7-11(3)8-13/h4-5,7,9,15H,1,6,14H2,2-3H3/b5-4-,11-7+,12-9-. The molecule has 3 N–H and O–H groups in total. The molecule has 3 heteroatoms. The third kappa shape index (κ3) is 7.29. The molecule has 0 aliphatic rings. The van der Waals surface area contributed by atoms with Gasteiger partial charge < -0.3 is 5.43 Å². The highest BCUT2D eigenvalue weighted by atomic mass is 15.2. The van der Waals surface area contributed by atoms with Crippen LogP contribution in [-0.4, -0.2) is 0 Å². The Morgan fingerprint density at radius 1 is 1.53 bits per heavy atom. The van der Waals surface area contributed by atoms with E-state index in [4.69, 9.17) is 11.1 Å². The van der Waals surface area contributed by atoms with Gasteiger partial charge >= 0.3 is 0 Å². The van der Waals surface area contributed by atoms with Gasteiger partial charge in [0, 0.05) is 11.8 Å². The molecule has 0 atom stereocenters. The molecular weight excluding hydrogens is 186 g/mol. The van der Waals surface area contributed by atoms with E-state index in [1.807, 2.05) is 19.1 Å². The van der Waals surface area contributed by atoms with Crippen LogP contribution in [0.4, 0.5) is 0 Å². The fourth-order valence-corrected chi connectivity index (χ4v) is 0.973. The van der Waals surface area contributed by atoms with Crippen LogP contribution in [0.25, 0.3) is 0 Å². The molecule has 15 heavy (non-hydrogen) atoms. The summed E-state index contributed by atoms with van der Waals surface area (Å²) < 4.78 is 0. The molecule has 0 saturated heterocycles. The highest BCUT2D eigenvalue weighted by molar-refractivity contribution is 5.31. The van der Waals surface area contributed by atoms with E-state index < -0.39 is 0 Å². The number of allylic oxidation sites excluding steroid dienone is 6. The van der Waals surface area contributed by atoms with Crippen molar-refractivity contribution in [2.75, 3.05) is 0 Å². The minimum Gasteiger partial charge on any atom is -0.331 e. The zero-order valence-corrected chi connectivity index (χ0v) is 9.25. The average Bonchev–Trinajstić information content (AvgIpc) is 2.17. The zero-order valence-electron chi connectivity index (χ0n) is 9.25. The SMILES string of the molecule is C=C(C)/C=C\CC(=C/NN)/C=C(\C)C#N. The van der Waals surface area contributed by atoms with Crippen molar-refractivity contribution in [3.05, 3.63) is 47.7 Å². The first-order chi connectivity index (χ1) is 7.10. The van der Waals surface area contributed by atoms with E-state index in [2.05, 4.69) is 18.1 Å². The van der Waals surface area contributed by atoms with Gasteiger partial charge in [-0.15, -0.1) is 0 Å². The number of hydrogen-bond donors (Lipinski definition) is 2. The lowest BCUT2D eigenvalue weighted by molar-refractivity contribution is 0.949. The molecule has 0 unspecified atom stereocenters. The Kier molecular flexibility index (Phi) is 6.69. The number of hydrazine groups is 1. The summed E-state index contributed by atoms with van der Waals surface area (Å²) in [7, 11) is 0. The molecule has 80 valence electrons. The first kappa shape index (κ1) is 13.2. The molecule has 0 spiro atoms. The van der Waals surface area contributed by atoms with Crippen molar-refractivity contribution in [3.8, 4) is 6.07 Å². The summed E-state index contributed by atoms with van der Waals surface area (Å²) in [5.41, 5.74) is 5.07. The summed E-state index contributed by atoms with van der Waals surface area (Å²) in [6, 6.07) is 2.06. The molecule has 0 aromatic carbocycles. The largest absolute Gasteiger partial charge is 0.331 e. The zero-order chi connectivity index (χ0) is 11.7. The molecular formula is C12H17N3. The van der Waals surface area contributed by atoms with Gasteiger partial charge in [-0.2, -0.15) is 5.26 Å². The number of nitriles is 1. The Morgan fingerprint density at radius 2 is 2.20 bits per heavy atom. The van der Waals surface area contributed by atoms with E-state index in [9.17, 15) is 0 Å². The number of nitrogens with two attached hydrogens (primary N) is 1. The second kappa shape index (κ2) is 7.60. The molecule has 0 aromatic rings. The summed E-state index contributed by atoms with van der Waals surface area (Å²) in [5.74, 6) is 5.20. The maximum absolute atomic E-state index is 8.64. The van der Waals surface area contributed by atoms with Crippen LogP contribution in [0.3, 0.4) is 0 Å². The molecule has 0 aliphatic carbocycles. The molecule has 0 rings (SSSR count). The summed E-state index contributed by atoms with van der Waals surface area (Å²) >= 11 is 0. The predicted octanol–water partition coefficient (Wildman–Crippen LogP) is 2.33. The lowest BCUT2D eigenvalue weighted by Crippen LogP contribution is -2.14. The van der Waals surface area contributed by atoms with Crippen molar-refractivity contribution in [1.82, 2.24) is 5.43 Å². The van der Waals surface area contributed by atoms with Crippen LogP contribution in [0, 0.1) is 11.3 Å². The Labute approximate surface area is 91.2 Å². The number of hydrogen-bond acceptors (Lipinski definition) is 3. The van der Waals surface area contributed by atoms with Crippen molar-refractivity contribution < 1.29 is 0 Å². The molecule has 0 saturated carbocycles. The minimum atomic E-state index is 0.653. The van der Waals surface area contributed by atoms with E-state index >= 15 is 0 Å². The van der Waals surface area contributed by atoms with Crippen LogP contribution >= 0.6 is 0 Å². The maximum atomic E-state index is 8.64. The number of nitrogens with one attached hydrogen (secondary N) is 1. The van der Waals surface area contributed by atoms with Crippen molar-refractivity contribution in [1.29, 1.82) is 5.26 Å². The Hall–Kier alpha value is -1.79. The second-order valence-electron chi connectivity index (χ2n) is 3.28. The fourth-order valence-electron chi connectivity index (χ4n) is 0.973. The normalized spacial score (nSPS) is 12.7. The lowest BCUT2D eigenvalue weighted by atomic mass is 10.1. The third-order valence-electron chi connectivity index (χ3n) is 1.60. The molecule has 0 amide bonds. The maximum Gasteiger partial charge on any atom is 0.0944 e. The second-order valence-corrected chi connectivity index (χ2v) is 3.28. The summed E-state index contributed by atoms with van der Waals surface area (Å²) in [6.07, 6.45) is 8.09. The summed E-state index contributed by atoms with van der Waals surface area (Å²) in [4.78, 5) is 0. The van der Waals surface area contributed by atoms with E-state index in [1.54, 1.807) is 19.2 Å². The highest BCUT2D eigenvalue weighted by Gasteiger charge is 1.92. The van der Waals surface area contributed by atoms with Gasteiger partial charge in [-0.05, 0) is 31.9 Å². The molecule has 0 radical (unpaired) electrons. The molecule has 3 nitrogen and oxygen atoms in total.